The van der Waals surface area contributed by atoms with E-state index >= 15 is 0 Å². The number of ether oxygens (including phenoxy) is 4. The normalized spacial score (nSPS) is 14.4. The smallest absolute Gasteiger partial charge is 0.419 e. The van der Waals surface area contributed by atoms with Crippen molar-refractivity contribution < 1.29 is 38.1 Å². The number of aryl methyl sites for hydroxylation is 1. The van der Waals surface area contributed by atoms with Crippen LogP contribution in [0.25, 0.3) is 22.9 Å². The third-order valence-electron chi connectivity index (χ3n) is 7.00. The van der Waals surface area contributed by atoms with Crippen LogP contribution in [0.5, 0.6) is 0 Å². The average molecular weight is 664 g/mol. The number of carbonyl (C=O) groups is 4. The van der Waals surface area contributed by atoms with E-state index < -0.39 is 29.4 Å². The minimum Gasteiger partial charge on any atom is -0.462 e. The summed E-state index contributed by atoms with van der Waals surface area (Å²) in [6.45, 7) is 16.2. The summed E-state index contributed by atoms with van der Waals surface area (Å²) in [5.74, 6) is -0.755. The number of hydrogen-bond donors (Lipinski definition) is 2. The Hall–Kier alpha value is -4.91. The molecule has 1 aliphatic heterocycles. The monoisotopic (exact) mass is 663 g/mol. The summed E-state index contributed by atoms with van der Waals surface area (Å²) in [6.07, 6.45) is 1.71. The minimum absolute atomic E-state index is 0.0478. The molecule has 0 unspecified atom stereocenters. The second-order valence-electron chi connectivity index (χ2n) is 13.5. The maximum Gasteiger partial charge on any atom is 0.419 e. The number of fused-ring (bicyclic) bond motifs is 1. The molecule has 0 radical (unpaired) electrons. The van der Waals surface area contributed by atoms with Gasteiger partial charge in [-0.1, -0.05) is 6.07 Å². The van der Waals surface area contributed by atoms with Gasteiger partial charge in [-0.2, -0.15) is 5.10 Å². The fourth-order valence-corrected chi connectivity index (χ4v) is 5.00. The van der Waals surface area contributed by atoms with E-state index in [0.29, 0.717) is 28.1 Å². The molecule has 1 aliphatic rings. The highest BCUT2D eigenvalue weighted by Crippen LogP contribution is 2.37. The lowest BCUT2D eigenvalue weighted by molar-refractivity contribution is -0.110. The second kappa shape index (κ2) is 14.5. The lowest BCUT2D eigenvalue weighted by atomic mass is 10.0. The first-order valence-corrected chi connectivity index (χ1v) is 15.9. The first-order chi connectivity index (χ1) is 22.5. The van der Waals surface area contributed by atoms with Gasteiger partial charge in [0.05, 0.1) is 54.9 Å². The maximum absolute atomic E-state index is 13.0. The van der Waals surface area contributed by atoms with Crippen LogP contribution in [0.1, 0.15) is 88.7 Å². The largest absolute Gasteiger partial charge is 0.462 e. The Bertz CT molecular complexity index is 1680. The highest BCUT2D eigenvalue weighted by molar-refractivity contribution is 6.35. The van der Waals surface area contributed by atoms with Gasteiger partial charge in [-0.15, -0.1) is 0 Å². The molecule has 3 amide bonds. The summed E-state index contributed by atoms with van der Waals surface area (Å²) in [6, 6.07) is 8.96. The van der Waals surface area contributed by atoms with Crippen molar-refractivity contribution >= 4 is 41.4 Å². The number of carbonyl (C=O) groups excluding carboxylic acids is 4. The van der Waals surface area contributed by atoms with Gasteiger partial charge in [-0.05, 0) is 92.7 Å². The molecule has 13 nitrogen and oxygen atoms in total. The molecule has 0 bridgehead atoms. The van der Waals surface area contributed by atoms with Gasteiger partial charge in [0.15, 0.2) is 0 Å². The standard InChI is InChI=1S/C35H45N5O8/c1-10-46-31(42)26-17-21(2)37-28(26)19-25-24-18-23(11-12-27(24)38-30(25)41)29-13-14-36-40(29)22(3)20-45-16-15-39(32(43)47-34(4,5)6)33(44)48-35(7,8)9/h11-14,17-19,22,37H,10,15-16,20H2,1-9H3,(H,38,41)/b25-19-/t22-/m1/s1. The zero-order valence-electron chi connectivity index (χ0n) is 29.1. The van der Waals surface area contributed by atoms with Crippen molar-refractivity contribution in [1.82, 2.24) is 19.7 Å². The van der Waals surface area contributed by atoms with Crippen molar-refractivity contribution in [1.29, 1.82) is 0 Å². The number of anilines is 1. The number of imide groups is 1. The van der Waals surface area contributed by atoms with Gasteiger partial charge in [0.2, 0.25) is 0 Å². The van der Waals surface area contributed by atoms with E-state index in [-0.39, 0.29) is 38.3 Å². The predicted molar refractivity (Wildman–Crippen MR) is 180 cm³/mol. The fraction of sp³-hybridized carbons (Fsp3) is 0.457. The highest BCUT2D eigenvalue weighted by Gasteiger charge is 2.31. The highest BCUT2D eigenvalue weighted by atomic mass is 16.6. The van der Waals surface area contributed by atoms with Crippen molar-refractivity contribution in [3.63, 3.8) is 0 Å². The Labute approximate surface area is 280 Å². The number of hydrogen-bond acceptors (Lipinski definition) is 9. The molecule has 0 saturated carbocycles. The van der Waals surface area contributed by atoms with Crippen LogP contribution in [0, 0.1) is 6.92 Å². The van der Waals surface area contributed by atoms with E-state index in [4.69, 9.17) is 18.9 Å². The topological polar surface area (TPSA) is 154 Å². The van der Waals surface area contributed by atoms with Crippen LogP contribution in [0.4, 0.5) is 15.3 Å². The zero-order chi connectivity index (χ0) is 35.4. The Morgan fingerprint density at radius 3 is 2.31 bits per heavy atom. The molecule has 0 saturated heterocycles. The van der Waals surface area contributed by atoms with E-state index in [1.165, 1.54) is 0 Å². The van der Waals surface area contributed by atoms with Crippen LogP contribution >= 0.6 is 0 Å². The van der Waals surface area contributed by atoms with E-state index in [1.54, 1.807) is 66.8 Å². The van der Waals surface area contributed by atoms with Gasteiger partial charge in [-0.3, -0.25) is 9.48 Å². The van der Waals surface area contributed by atoms with E-state index in [9.17, 15) is 19.2 Å². The van der Waals surface area contributed by atoms with Crippen LogP contribution in [0.3, 0.4) is 0 Å². The van der Waals surface area contributed by atoms with Gasteiger partial charge in [0.1, 0.15) is 11.2 Å². The quantitative estimate of drug-likeness (QED) is 0.106. The number of rotatable bonds is 10. The molecule has 13 heteroatoms. The number of amides is 3. The lowest BCUT2D eigenvalue weighted by Crippen LogP contribution is -2.45. The SMILES string of the molecule is CCOC(=O)c1cc(C)[nH]c1/C=C1\C(=O)Nc2ccc(-c3ccnn3[C@H](C)COCCN(C(=O)OC(C)(C)C)C(=O)OC(C)(C)C)cc21. The van der Waals surface area contributed by atoms with Crippen molar-refractivity contribution in [3.05, 3.63) is 59.0 Å². The molecule has 4 rings (SSSR count). The van der Waals surface area contributed by atoms with E-state index in [1.807, 2.05) is 42.8 Å². The number of esters is 1. The summed E-state index contributed by atoms with van der Waals surface area (Å²) in [5, 5.41) is 7.41. The molecule has 0 spiro atoms. The molecule has 48 heavy (non-hydrogen) atoms. The Kier molecular flexibility index (Phi) is 10.8. The van der Waals surface area contributed by atoms with Crippen LogP contribution < -0.4 is 5.32 Å². The average Bonchev–Trinajstić information content (AvgIpc) is 3.68. The first kappa shape index (κ1) is 35.9. The van der Waals surface area contributed by atoms with Crippen LogP contribution in [-0.2, 0) is 23.7 Å². The van der Waals surface area contributed by atoms with Crippen LogP contribution in [-0.4, -0.2) is 81.3 Å². The molecule has 1 aromatic carbocycles. The maximum atomic E-state index is 13.0. The van der Waals surface area contributed by atoms with Crippen molar-refractivity contribution in [3.8, 4) is 11.3 Å². The Morgan fingerprint density at radius 2 is 1.69 bits per heavy atom. The molecule has 0 aliphatic carbocycles. The molecule has 2 N–H and O–H groups in total. The fourth-order valence-electron chi connectivity index (χ4n) is 5.00. The number of aromatic amines is 1. The van der Waals surface area contributed by atoms with Gasteiger partial charge in [-0.25, -0.2) is 19.3 Å². The van der Waals surface area contributed by atoms with E-state index in [2.05, 4.69) is 15.4 Å². The van der Waals surface area contributed by atoms with Gasteiger partial charge in [0.25, 0.3) is 5.91 Å². The summed E-state index contributed by atoms with van der Waals surface area (Å²) >= 11 is 0. The minimum atomic E-state index is -0.815. The molecule has 2 aromatic heterocycles. The van der Waals surface area contributed by atoms with Crippen LogP contribution in [0.2, 0.25) is 0 Å². The summed E-state index contributed by atoms with van der Waals surface area (Å²) in [4.78, 5) is 55.2. The summed E-state index contributed by atoms with van der Waals surface area (Å²) < 4.78 is 23.7. The Balaban J connectivity index is 1.49. The van der Waals surface area contributed by atoms with Gasteiger partial charge in [0, 0.05) is 28.7 Å². The predicted octanol–water partition coefficient (Wildman–Crippen LogP) is 6.61. The molecular weight excluding hydrogens is 618 g/mol. The second-order valence-corrected chi connectivity index (χ2v) is 13.5. The van der Waals surface area contributed by atoms with Crippen LogP contribution in [0.15, 0.2) is 36.5 Å². The number of benzene rings is 1. The number of nitrogens with one attached hydrogen (secondary N) is 2. The molecule has 3 heterocycles. The van der Waals surface area contributed by atoms with Crippen molar-refractivity contribution in [2.45, 2.75) is 79.6 Å². The number of nitrogens with zero attached hydrogens (tertiary/aromatic N) is 3. The molecule has 258 valence electrons. The third-order valence-corrected chi connectivity index (χ3v) is 7.00. The molecular formula is C35H45N5O8. The molecule has 3 aromatic rings. The third kappa shape index (κ3) is 8.91. The zero-order valence-corrected chi connectivity index (χ0v) is 29.1. The van der Waals surface area contributed by atoms with Crippen molar-refractivity contribution in [2.24, 2.45) is 0 Å². The summed E-state index contributed by atoms with van der Waals surface area (Å²) in [5.41, 5.74) is 3.35. The first-order valence-electron chi connectivity index (χ1n) is 15.9. The van der Waals surface area contributed by atoms with Gasteiger partial charge >= 0.3 is 18.2 Å². The summed E-state index contributed by atoms with van der Waals surface area (Å²) in [7, 11) is 0. The molecule has 1 atom stereocenters. The van der Waals surface area contributed by atoms with Gasteiger partial charge < -0.3 is 29.2 Å². The van der Waals surface area contributed by atoms with Crippen molar-refractivity contribution in [2.75, 3.05) is 31.7 Å². The Morgan fingerprint density at radius 1 is 1.02 bits per heavy atom. The number of aromatic nitrogens is 3. The molecule has 0 fully saturated rings. The number of H-pyrrole nitrogens is 1. The van der Waals surface area contributed by atoms with E-state index in [0.717, 1.165) is 21.9 Å². The lowest BCUT2D eigenvalue weighted by Gasteiger charge is -2.28.